The van der Waals surface area contributed by atoms with Gasteiger partial charge in [-0.1, -0.05) is 17.7 Å². The lowest BCUT2D eigenvalue weighted by molar-refractivity contribution is 0.119. The molecule has 12 heteroatoms. The van der Waals surface area contributed by atoms with Gasteiger partial charge in [0, 0.05) is 37.3 Å². The molecule has 0 N–H and O–H groups in total. The lowest BCUT2D eigenvalue weighted by Gasteiger charge is -2.31. The highest BCUT2D eigenvalue weighted by atomic mass is 35.5. The van der Waals surface area contributed by atoms with E-state index in [-0.39, 0.29) is 18.1 Å². The van der Waals surface area contributed by atoms with Crippen LogP contribution in [0.25, 0.3) is 11.0 Å². The number of carbonyl (C=O) groups excluding carboxylic acids is 1. The Morgan fingerprint density at radius 1 is 1.25 bits per heavy atom. The van der Waals surface area contributed by atoms with Crippen LogP contribution < -0.4 is 0 Å². The molecule has 0 unspecified atom stereocenters. The summed E-state index contributed by atoms with van der Waals surface area (Å²) in [5.41, 5.74) is 4.14. The van der Waals surface area contributed by atoms with E-state index in [4.69, 9.17) is 21.3 Å². The predicted octanol–water partition coefficient (Wildman–Crippen LogP) is 3.41. The summed E-state index contributed by atoms with van der Waals surface area (Å²) in [4.78, 5) is 19.2. The number of carbonyl (C=O) groups is 1. The fourth-order valence-electron chi connectivity index (χ4n) is 5.49. The van der Waals surface area contributed by atoms with Crippen LogP contribution in [-0.2, 0) is 34.3 Å². The van der Waals surface area contributed by atoms with Crippen molar-refractivity contribution in [2.24, 2.45) is 0 Å². The second-order valence-corrected chi connectivity index (χ2v) is 12.1. The topological polar surface area (TPSA) is 103 Å². The van der Waals surface area contributed by atoms with Gasteiger partial charge in [-0.2, -0.15) is 5.10 Å². The van der Waals surface area contributed by atoms with Gasteiger partial charge in [0.1, 0.15) is 5.82 Å². The van der Waals surface area contributed by atoms with Crippen LogP contribution in [-0.4, -0.2) is 76.0 Å². The molecule has 4 heterocycles. The van der Waals surface area contributed by atoms with Crippen molar-refractivity contribution in [2.45, 2.75) is 51.2 Å². The van der Waals surface area contributed by atoms with Crippen LogP contribution in [0.3, 0.4) is 0 Å². The van der Waals surface area contributed by atoms with Crippen LogP contribution in [0.5, 0.6) is 0 Å². The lowest BCUT2D eigenvalue weighted by atomic mass is 9.97. The number of aromatic nitrogens is 4. The minimum absolute atomic E-state index is 0.0206. The third kappa shape index (κ3) is 4.71. The molecular formula is C24H31ClN6O4S. The molecule has 0 radical (unpaired) electrons. The maximum Gasteiger partial charge on any atom is 0.409 e. The summed E-state index contributed by atoms with van der Waals surface area (Å²) in [6.45, 7) is 4.75. The number of fused-ring (bicyclic) bond motifs is 3. The molecular weight excluding hydrogens is 504 g/mol. The average Bonchev–Trinajstić information content (AvgIpc) is 3.46. The Kier molecular flexibility index (Phi) is 6.73. The Balaban J connectivity index is 1.56. The van der Waals surface area contributed by atoms with Gasteiger partial charge in [-0.3, -0.25) is 4.68 Å². The van der Waals surface area contributed by atoms with Gasteiger partial charge in [-0.05, 0) is 37.8 Å². The molecule has 36 heavy (non-hydrogen) atoms. The Hall–Kier alpha value is -2.63. The summed E-state index contributed by atoms with van der Waals surface area (Å²) < 4.78 is 34.7. The van der Waals surface area contributed by atoms with Crippen molar-refractivity contribution in [1.29, 1.82) is 0 Å². The quantitative estimate of drug-likeness (QED) is 0.497. The standard InChI is InChI=1S/C24H31ClN6O4S/c1-16(13-29-14-19(25)12-26-29)31-21-5-4-17-6-9-28(24(32)35-2)15-20(17)22(21)27-23(31)18-7-10-30(11-8-18)36(3,33)34/h4-5,12,14,16,18H,6-11,13,15H2,1-3H3/t16-/m1/s1. The van der Waals surface area contributed by atoms with Crippen LogP contribution in [0.1, 0.15) is 48.7 Å². The molecule has 2 aromatic heterocycles. The van der Waals surface area contributed by atoms with Gasteiger partial charge >= 0.3 is 6.09 Å². The molecule has 2 aliphatic rings. The smallest absolute Gasteiger partial charge is 0.409 e. The third-order valence-corrected chi connectivity index (χ3v) is 8.80. The number of nitrogens with zero attached hydrogens (tertiary/aromatic N) is 6. The summed E-state index contributed by atoms with van der Waals surface area (Å²) in [7, 11) is -1.82. The molecule has 5 rings (SSSR count). The number of piperidine rings is 1. The Morgan fingerprint density at radius 3 is 2.64 bits per heavy atom. The van der Waals surface area contributed by atoms with E-state index >= 15 is 0 Å². The van der Waals surface area contributed by atoms with Gasteiger partial charge < -0.3 is 14.2 Å². The van der Waals surface area contributed by atoms with Gasteiger partial charge in [-0.15, -0.1) is 0 Å². The van der Waals surface area contributed by atoms with Crippen molar-refractivity contribution in [3.8, 4) is 0 Å². The van der Waals surface area contributed by atoms with Gasteiger partial charge in [0.2, 0.25) is 10.0 Å². The normalized spacial score (nSPS) is 18.4. The summed E-state index contributed by atoms with van der Waals surface area (Å²) in [6.07, 6.45) is 6.50. The van der Waals surface area contributed by atoms with E-state index in [2.05, 4.69) is 28.7 Å². The van der Waals surface area contributed by atoms with E-state index in [1.807, 2.05) is 4.68 Å². The van der Waals surface area contributed by atoms with Gasteiger partial charge in [-0.25, -0.2) is 22.5 Å². The van der Waals surface area contributed by atoms with Crippen LogP contribution >= 0.6 is 11.6 Å². The molecule has 0 spiro atoms. The number of hydrogen-bond acceptors (Lipinski definition) is 6. The van der Waals surface area contributed by atoms with Gasteiger partial charge in [0.05, 0.1) is 54.7 Å². The molecule has 0 aliphatic carbocycles. The van der Waals surface area contributed by atoms with E-state index < -0.39 is 10.0 Å². The molecule has 1 fully saturated rings. The van der Waals surface area contributed by atoms with Crippen molar-refractivity contribution in [3.05, 3.63) is 46.5 Å². The van der Waals surface area contributed by atoms with Crippen LogP contribution in [0.15, 0.2) is 24.5 Å². The zero-order chi connectivity index (χ0) is 25.6. The van der Waals surface area contributed by atoms with E-state index in [0.717, 1.165) is 28.8 Å². The summed E-state index contributed by atoms with van der Waals surface area (Å²) in [6, 6.07) is 4.28. The van der Waals surface area contributed by atoms with Crippen molar-refractivity contribution in [2.75, 3.05) is 33.0 Å². The molecule has 0 saturated carbocycles. The zero-order valence-electron chi connectivity index (χ0n) is 20.7. The number of imidazole rings is 1. The second kappa shape index (κ2) is 9.68. The molecule has 10 nitrogen and oxygen atoms in total. The molecule has 1 aromatic carbocycles. The molecule has 1 amide bonds. The van der Waals surface area contributed by atoms with Crippen molar-refractivity contribution in [1.82, 2.24) is 28.5 Å². The maximum atomic E-state index is 12.3. The third-order valence-electron chi connectivity index (χ3n) is 7.31. The SMILES string of the molecule is COC(=O)N1CCc2ccc3c(nc(C4CCN(S(C)(=O)=O)CC4)n3[C@H](C)Cn3cc(Cl)cn3)c2C1. The first-order chi connectivity index (χ1) is 17.2. The van der Waals surface area contributed by atoms with Crippen LogP contribution in [0, 0.1) is 0 Å². The summed E-state index contributed by atoms with van der Waals surface area (Å²) >= 11 is 6.10. The van der Waals surface area contributed by atoms with E-state index in [1.54, 1.807) is 21.6 Å². The minimum atomic E-state index is -3.22. The maximum absolute atomic E-state index is 12.3. The first-order valence-corrected chi connectivity index (χ1v) is 14.4. The van der Waals surface area contributed by atoms with E-state index in [1.165, 1.54) is 18.9 Å². The highest BCUT2D eigenvalue weighted by Crippen LogP contribution is 2.36. The Bertz CT molecular complexity index is 1390. The molecule has 2 aliphatic heterocycles. The number of rotatable bonds is 5. The number of amides is 1. The van der Waals surface area contributed by atoms with Gasteiger partial charge in [0.25, 0.3) is 0 Å². The first kappa shape index (κ1) is 25.0. The largest absolute Gasteiger partial charge is 0.453 e. The number of sulfonamides is 1. The Labute approximate surface area is 215 Å². The van der Waals surface area contributed by atoms with E-state index in [9.17, 15) is 13.2 Å². The minimum Gasteiger partial charge on any atom is -0.453 e. The number of ether oxygens (including phenoxy) is 1. The highest BCUT2D eigenvalue weighted by Gasteiger charge is 2.32. The van der Waals surface area contributed by atoms with Crippen LogP contribution in [0.2, 0.25) is 5.02 Å². The molecule has 1 atom stereocenters. The van der Waals surface area contributed by atoms with Crippen molar-refractivity contribution < 1.29 is 17.9 Å². The highest BCUT2D eigenvalue weighted by molar-refractivity contribution is 7.88. The van der Waals surface area contributed by atoms with Crippen molar-refractivity contribution >= 4 is 38.8 Å². The van der Waals surface area contributed by atoms with E-state index in [0.29, 0.717) is 50.6 Å². The monoisotopic (exact) mass is 534 g/mol. The number of methoxy groups -OCH3 is 1. The summed E-state index contributed by atoms with van der Waals surface area (Å²) in [5.74, 6) is 1.07. The number of halogens is 1. The fourth-order valence-corrected chi connectivity index (χ4v) is 6.52. The lowest BCUT2D eigenvalue weighted by Crippen LogP contribution is -2.37. The summed E-state index contributed by atoms with van der Waals surface area (Å²) in [5, 5.41) is 4.94. The van der Waals surface area contributed by atoms with Crippen molar-refractivity contribution in [3.63, 3.8) is 0 Å². The average molecular weight is 535 g/mol. The molecule has 1 saturated heterocycles. The van der Waals surface area contributed by atoms with Gasteiger partial charge in [0.15, 0.2) is 0 Å². The van der Waals surface area contributed by atoms with Crippen LogP contribution in [0.4, 0.5) is 4.79 Å². The molecule has 0 bridgehead atoms. The zero-order valence-corrected chi connectivity index (χ0v) is 22.3. The predicted molar refractivity (Wildman–Crippen MR) is 137 cm³/mol. The molecule has 194 valence electrons. The fraction of sp³-hybridized carbons (Fsp3) is 0.542. The Morgan fingerprint density at radius 2 is 2.00 bits per heavy atom. The first-order valence-electron chi connectivity index (χ1n) is 12.1. The number of hydrogen-bond donors (Lipinski definition) is 0. The number of benzene rings is 1. The molecule has 3 aromatic rings. The second-order valence-electron chi connectivity index (χ2n) is 9.72.